The third-order valence-electron chi connectivity index (χ3n) is 3.51. The molecule has 0 aliphatic carbocycles. The lowest BCUT2D eigenvalue weighted by atomic mass is 9.96. The summed E-state index contributed by atoms with van der Waals surface area (Å²) in [6, 6.07) is 14.2. The molecule has 0 radical (unpaired) electrons. The molecule has 0 saturated heterocycles. The molecule has 0 amide bonds. The number of benzene rings is 2. The van der Waals surface area contributed by atoms with Crippen LogP contribution < -0.4 is 5.73 Å². The van der Waals surface area contributed by atoms with Gasteiger partial charge in [-0.3, -0.25) is 0 Å². The van der Waals surface area contributed by atoms with E-state index in [-0.39, 0.29) is 0 Å². The quantitative estimate of drug-likeness (QED) is 0.678. The molecule has 0 aliphatic rings. The highest BCUT2D eigenvalue weighted by molar-refractivity contribution is 5.96. The topological polar surface area (TPSA) is 39.2 Å². The van der Waals surface area contributed by atoms with Crippen LogP contribution in [0.2, 0.25) is 0 Å². The first kappa shape index (κ1) is 11.8. The van der Waals surface area contributed by atoms with Crippen LogP contribution in [0.25, 0.3) is 22.1 Å². The minimum atomic E-state index is 0.798. The van der Waals surface area contributed by atoms with Crippen molar-refractivity contribution >= 4 is 16.7 Å². The van der Waals surface area contributed by atoms with Gasteiger partial charge in [0, 0.05) is 23.1 Å². The summed E-state index contributed by atoms with van der Waals surface area (Å²) in [6.45, 7) is 4.21. The monoisotopic (exact) mass is 251 g/mol. The number of nitrogens with two attached hydrogens (primary N) is 1. The zero-order valence-electron chi connectivity index (χ0n) is 11.2. The summed E-state index contributed by atoms with van der Waals surface area (Å²) in [5.41, 5.74) is 11.2. The largest absolute Gasteiger partial charge is 0.460 e. The highest BCUT2D eigenvalue weighted by atomic mass is 16.3. The van der Waals surface area contributed by atoms with Crippen LogP contribution in [0.5, 0.6) is 0 Å². The fourth-order valence-electron chi connectivity index (χ4n) is 2.61. The van der Waals surface area contributed by atoms with Gasteiger partial charge in [-0.25, -0.2) is 0 Å². The molecule has 0 bridgehead atoms. The number of anilines is 1. The smallest absolute Gasteiger partial charge is 0.134 e. The molecule has 1 heterocycles. The molecule has 96 valence electrons. The maximum absolute atomic E-state index is 5.96. The van der Waals surface area contributed by atoms with E-state index in [9.17, 15) is 0 Å². The van der Waals surface area contributed by atoms with Gasteiger partial charge in [-0.2, -0.15) is 0 Å². The molecule has 2 nitrogen and oxygen atoms in total. The molecule has 2 heteroatoms. The van der Waals surface area contributed by atoms with E-state index in [1.165, 1.54) is 22.1 Å². The van der Waals surface area contributed by atoms with Crippen LogP contribution in [0.15, 0.2) is 46.9 Å². The Hall–Kier alpha value is -2.22. The Balaban J connectivity index is 2.34. The number of rotatable bonds is 2. The van der Waals surface area contributed by atoms with Crippen LogP contribution in [-0.2, 0) is 6.42 Å². The molecule has 3 rings (SSSR count). The van der Waals surface area contributed by atoms with Gasteiger partial charge in [0.25, 0.3) is 0 Å². The van der Waals surface area contributed by atoms with Crippen molar-refractivity contribution in [2.45, 2.75) is 20.3 Å². The highest BCUT2D eigenvalue weighted by Gasteiger charge is 2.15. The van der Waals surface area contributed by atoms with E-state index in [4.69, 9.17) is 10.2 Å². The molecule has 0 atom stereocenters. The first-order valence-electron chi connectivity index (χ1n) is 6.57. The highest BCUT2D eigenvalue weighted by Crippen LogP contribution is 2.37. The third kappa shape index (κ3) is 1.89. The van der Waals surface area contributed by atoms with Gasteiger partial charge >= 0.3 is 0 Å². The van der Waals surface area contributed by atoms with E-state index < -0.39 is 0 Å². The van der Waals surface area contributed by atoms with E-state index in [1.54, 1.807) is 0 Å². The van der Waals surface area contributed by atoms with E-state index in [0.717, 1.165) is 23.5 Å². The number of hydrogen-bond acceptors (Lipinski definition) is 2. The Morgan fingerprint density at radius 3 is 2.63 bits per heavy atom. The first-order valence-corrected chi connectivity index (χ1v) is 6.57. The van der Waals surface area contributed by atoms with Gasteiger partial charge in [0.2, 0.25) is 0 Å². The molecule has 0 unspecified atom stereocenters. The summed E-state index contributed by atoms with van der Waals surface area (Å²) in [5.74, 6) is 1.04. The molecule has 2 aromatic carbocycles. The minimum absolute atomic E-state index is 0.798. The Kier molecular flexibility index (Phi) is 2.79. The SMILES string of the molecule is CCc1oc2ccccc2c1-c1ccc(N)cc1C. The van der Waals surface area contributed by atoms with Crippen LogP contribution >= 0.6 is 0 Å². The summed E-state index contributed by atoms with van der Waals surface area (Å²) >= 11 is 0. The Labute approximate surface area is 112 Å². The number of fused-ring (bicyclic) bond motifs is 1. The van der Waals surface area contributed by atoms with Gasteiger partial charge in [-0.15, -0.1) is 0 Å². The maximum atomic E-state index is 5.96. The molecule has 19 heavy (non-hydrogen) atoms. The molecule has 3 aromatic rings. The predicted octanol–water partition coefficient (Wildman–Crippen LogP) is 4.55. The number of aryl methyl sites for hydroxylation is 2. The Bertz CT molecular complexity index is 740. The van der Waals surface area contributed by atoms with E-state index in [2.05, 4.69) is 26.0 Å². The van der Waals surface area contributed by atoms with Crippen LogP contribution in [-0.4, -0.2) is 0 Å². The second kappa shape index (κ2) is 4.47. The molecule has 0 saturated carbocycles. The summed E-state index contributed by atoms with van der Waals surface area (Å²) in [5, 5.41) is 1.17. The number of nitrogen functional groups attached to an aromatic ring is 1. The van der Waals surface area contributed by atoms with Gasteiger partial charge in [0.15, 0.2) is 0 Å². The fraction of sp³-hybridized carbons (Fsp3) is 0.176. The van der Waals surface area contributed by atoms with Gasteiger partial charge in [-0.1, -0.05) is 31.2 Å². The van der Waals surface area contributed by atoms with Gasteiger partial charge in [0.1, 0.15) is 11.3 Å². The van der Waals surface area contributed by atoms with Gasteiger partial charge < -0.3 is 10.2 Å². The molecular weight excluding hydrogens is 234 g/mol. The van der Waals surface area contributed by atoms with Crippen molar-refractivity contribution in [3.8, 4) is 11.1 Å². The minimum Gasteiger partial charge on any atom is -0.460 e. The van der Waals surface area contributed by atoms with Crippen molar-refractivity contribution in [1.82, 2.24) is 0 Å². The van der Waals surface area contributed by atoms with Crippen LogP contribution in [0.3, 0.4) is 0 Å². The average Bonchev–Trinajstić information content (AvgIpc) is 2.77. The zero-order valence-corrected chi connectivity index (χ0v) is 11.2. The fourth-order valence-corrected chi connectivity index (χ4v) is 2.61. The van der Waals surface area contributed by atoms with Crippen LogP contribution in [0.4, 0.5) is 5.69 Å². The normalized spacial score (nSPS) is 11.1. The van der Waals surface area contributed by atoms with Crippen molar-refractivity contribution in [3.63, 3.8) is 0 Å². The van der Waals surface area contributed by atoms with Gasteiger partial charge in [0.05, 0.1) is 0 Å². The van der Waals surface area contributed by atoms with Crippen molar-refractivity contribution in [2.24, 2.45) is 0 Å². The predicted molar refractivity (Wildman–Crippen MR) is 80.2 cm³/mol. The lowest BCUT2D eigenvalue weighted by Crippen LogP contribution is -1.90. The lowest BCUT2D eigenvalue weighted by molar-refractivity contribution is 0.558. The first-order chi connectivity index (χ1) is 9.20. The summed E-state index contributed by atoms with van der Waals surface area (Å²) in [6.07, 6.45) is 0.883. The Morgan fingerprint density at radius 1 is 1.11 bits per heavy atom. The van der Waals surface area contributed by atoms with Crippen molar-refractivity contribution in [2.75, 3.05) is 5.73 Å². The van der Waals surface area contributed by atoms with Gasteiger partial charge in [-0.05, 0) is 36.2 Å². The van der Waals surface area contributed by atoms with E-state index in [0.29, 0.717) is 0 Å². The van der Waals surface area contributed by atoms with Crippen molar-refractivity contribution in [1.29, 1.82) is 0 Å². The summed E-state index contributed by atoms with van der Waals surface area (Å²) in [7, 11) is 0. The zero-order chi connectivity index (χ0) is 13.4. The molecule has 1 aromatic heterocycles. The molecule has 0 aliphatic heterocycles. The van der Waals surface area contributed by atoms with E-state index in [1.807, 2.05) is 30.3 Å². The third-order valence-corrected chi connectivity index (χ3v) is 3.51. The van der Waals surface area contributed by atoms with Crippen LogP contribution in [0, 0.1) is 6.92 Å². The number of hydrogen-bond donors (Lipinski definition) is 1. The van der Waals surface area contributed by atoms with Crippen molar-refractivity contribution in [3.05, 3.63) is 53.8 Å². The lowest BCUT2D eigenvalue weighted by Gasteiger charge is -2.07. The standard InChI is InChI=1S/C17H17NO/c1-3-15-17(13-9-8-12(18)10-11(13)2)14-6-4-5-7-16(14)19-15/h4-10H,3,18H2,1-2H3. The summed E-state index contributed by atoms with van der Waals surface area (Å²) in [4.78, 5) is 0. The Morgan fingerprint density at radius 2 is 1.89 bits per heavy atom. The van der Waals surface area contributed by atoms with Crippen molar-refractivity contribution < 1.29 is 4.42 Å². The van der Waals surface area contributed by atoms with Crippen LogP contribution in [0.1, 0.15) is 18.2 Å². The second-order valence-corrected chi connectivity index (χ2v) is 4.82. The molecule has 0 fully saturated rings. The average molecular weight is 251 g/mol. The number of para-hydroxylation sites is 1. The summed E-state index contributed by atoms with van der Waals surface area (Å²) < 4.78 is 5.96. The molecule has 0 spiro atoms. The number of furan rings is 1. The molecule has 2 N–H and O–H groups in total. The second-order valence-electron chi connectivity index (χ2n) is 4.82. The maximum Gasteiger partial charge on any atom is 0.134 e. The van der Waals surface area contributed by atoms with E-state index >= 15 is 0 Å². The molecular formula is C17H17NO.